The summed E-state index contributed by atoms with van der Waals surface area (Å²) in [5.74, 6) is -2.16. The summed E-state index contributed by atoms with van der Waals surface area (Å²) in [7, 11) is 0. The smallest absolute Gasteiger partial charge is 0.227 e. The Hall–Kier alpha value is -1.06. The second-order valence-corrected chi connectivity index (χ2v) is 1.51. The number of aromatic nitrogens is 2. The van der Waals surface area contributed by atoms with Crippen LogP contribution in [0.1, 0.15) is 5.69 Å². The van der Waals surface area contributed by atoms with E-state index in [0.717, 1.165) is 0 Å². The number of aryl methyl sites for hydroxylation is 1. The lowest BCUT2D eigenvalue weighted by Gasteiger charge is -1.90. The molecule has 1 rings (SSSR count). The molecule has 0 saturated carbocycles. The molecule has 0 fully saturated rings. The highest BCUT2D eigenvalue weighted by molar-refractivity contribution is 4.99. The van der Waals surface area contributed by atoms with Gasteiger partial charge in [-0.25, -0.2) is 4.98 Å². The third-order valence-electron chi connectivity index (χ3n) is 0.865. The van der Waals surface area contributed by atoms with Crippen molar-refractivity contribution in [2.75, 3.05) is 0 Å². The van der Waals surface area contributed by atoms with Gasteiger partial charge in [-0.05, 0) is 6.92 Å². The van der Waals surface area contributed by atoms with Gasteiger partial charge >= 0.3 is 0 Å². The molecule has 0 aliphatic heterocycles. The van der Waals surface area contributed by atoms with Gasteiger partial charge in [-0.3, -0.25) is 0 Å². The quantitative estimate of drug-likeness (QED) is 0.485. The van der Waals surface area contributed by atoms with Crippen LogP contribution in [0.5, 0.6) is 0 Å². The Morgan fingerprint density at radius 3 is 2.44 bits per heavy atom. The lowest BCUT2D eigenvalue weighted by atomic mass is 10.4. The summed E-state index contributed by atoms with van der Waals surface area (Å²) in [6.45, 7) is 1.34. The van der Waals surface area contributed by atoms with Crippen LogP contribution in [0.4, 0.5) is 8.78 Å². The van der Waals surface area contributed by atoms with Crippen LogP contribution in [0.3, 0.4) is 0 Å². The first-order valence-corrected chi connectivity index (χ1v) is 2.27. The average molecular weight is 129 g/mol. The van der Waals surface area contributed by atoms with Crippen molar-refractivity contribution in [1.82, 2.24) is 9.97 Å². The maximum absolute atomic E-state index is 12.2. The van der Waals surface area contributed by atoms with Crippen LogP contribution in [0.25, 0.3) is 0 Å². The number of halogens is 2. The molecule has 1 heterocycles. The molecule has 4 heteroatoms. The van der Waals surface area contributed by atoms with Crippen LogP contribution in [0, 0.1) is 25.0 Å². The maximum Gasteiger partial charge on any atom is 0.252 e. The van der Waals surface area contributed by atoms with E-state index < -0.39 is 11.8 Å². The van der Waals surface area contributed by atoms with Gasteiger partial charge in [-0.1, -0.05) is 0 Å². The second kappa shape index (κ2) is 2.05. The zero-order valence-electron chi connectivity index (χ0n) is 4.65. The molecule has 0 amide bonds. The van der Waals surface area contributed by atoms with Gasteiger partial charge in [0.05, 0.1) is 5.69 Å². The van der Waals surface area contributed by atoms with Crippen LogP contribution >= 0.6 is 0 Å². The molecule has 2 nitrogen and oxygen atoms in total. The average Bonchev–Trinajstić information content (AvgIpc) is 1.83. The van der Waals surface area contributed by atoms with E-state index in [1.165, 1.54) is 6.92 Å². The summed E-state index contributed by atoms with van der Waals surface area (Å²) in [5.41, 5.74) is -0.0255. The molecule has 0 atom stereocenters. The normalized spacial score (nSPS) is 9.67. The number of hydrogen-bond acceptors (Lipinski definition) is 2. The van der Waals surface area contributed by atoms with Crippen LogP contribution in [0.15, 0.2) is 0 Å². The molecule has 0 aliphatic carbocycles. The van der Waals surface area contributed by atoms with Gasteiger partial charge < -0.3 is 0 Å². The van der Waals surface area contributed by atoms with Crippen LogP contribution < -0.4 is 0 Å². The Bertz CT molecular complexity index is 204. The van der Waals surface area contributed by atoms with Crippen molar-refractivity contribution in [1.29, 1.82) is 0 Å². The molecule has 9 heavy (non-hydrogen) atoms. The summed E-state index contributed by atoms with van der Waals surface area (Å²) in [4.78, 5) is 6.15. The highest BCUT2D eigenvalue weighted by Crippen LogP contribution is 2.02. The molecule has 1 aromatic heterocycles. The molecular formula is C5H3F2N2. The highest BCUT2D eigenvalue weighted by Gasteiger charge is 2.04. The second-order valence-electron chi connectivity index (χ2n) is 1.51. The maximum atomic E-state index is 12.2. The van der Waals surface area contributed by atoms with E-state index in [9.17, 15) is 8.78 Å². The highest BCUT2D eigenvalue weighted by atomic mass is 19.2. The molecule has 0 unspecified atom stereocenters. The molecule has 0 saturated heterocycles. The van der Waals surface area contributed by atoms with Crippen molar-refractivity contribution in [3.63, 3.8) is 0 Å². The first-order valence-electron chi connectivity index (χ1n) is 2.27. The predicted octanol–water partition coefficient (Wildman–Crippen LogP) is 0.863. The summed E-state index contributed by atoms with van der Waals surface area (Å²) in [5, 5.41) is 0. The van der Waals surface area contributed by atoms with Gasteiger partial charge in [0.1, 0.15) is 0 Å². The third-order valence-corrected chi connectivity index (χ3v) is 0.865. The fourth-order valence-electron chi connectivity index (χ4n) is 0.391. The fraction of sp³-hybridized carbons (Fsp3) is 0.200. The van der Waals surface area contributed by atoms with Crippen molar-refractivity contribution < 1.29 is 8.78 Å². The lowest BCUT2D eigenvalue weighted by molar-refractivity contribution is 0.465. The van der Waals surface area contributed by atoms with E-state index >= 15 is 0 Å². The summed E-state index contributed by atoms with van der Waals surface area (Å²) in [6.07, 6.45) is 1.95. The van der Waals surface area contributed by atoms with Gasteiger partial charge in [-0.15, -0.1) is 0 Å². The van der Waals surface area contributed by atoms with Gasteiger partial charge in [0.25, 0.3) is 5.95 Å². The Kier molecular flexibility index (Phi) is 1.38. The topological polar surface area (TPSA) is 25.8 Å². The molecule has 1 aromatic rings. The van der Waals surface area contributed by atoms with Crippen LogP contribution in [-0.4, -0.2) is 9.97 Å². The zero-order valence-corrected chi connectivity index (χ0v) is 4.65. The minimum absolute atomic E-state index is 0.0255. The lowest BCUT2D eigenvalue weighted by Crippen LogP contribution is -1.95. The predicted molar refractivity (Wildman–Crippen MR) is 25.5 cm³/mol. The molecule has 0 aromatic carbocycles. The third kappa shape index (κ3) is 1.01. The summed E-state index contributed by atoms with van der Waals surface area (Å²) in [6, 6.07) is 0. The van der Waals surface area contributed by atoms with E-state index in [1.54, 1.807) is 0 Å². The van der Waals surface area contributed by atoms with Crippen molar-refractivity contribution in [3.8, 4) is 0 Å². The van der Waals surface area contributed by atoms with Crippen molar-refractivity contribution >= 4 is 0 Å². The Balaban J connectivity index is 3.25. The Morgan fingerprint density at radius 2 is 2.00 bits per heavy atom. The zero-order chi connectivity index (χ0) is 6.85. The molecule has 1 radical (unpaired) electrons. The van der Waals surface area contributed by atoms with Gasteiger partial charge in [0.2, 0.25) is 6.33 Å². The van der Waals surface area contributed by atoms with Crippen molar-refractivity contribution in [2.24, 2.45) is 0 Å². The van der Waals surface area contributed by atoms with Crippen molar-refractivity contribution in [3.05, 3.63) is 23.8 Å². The molecule has 0 N–H and O–H groups in total. The number of hydrogen-bond donors (Lipinski definition) is 0. The van der Waals surface area contributed by atoms with Gasteiger partial charge in [0.15, 0.2) is 5.82 Å². The molecular weight excluding hydrogens is 126 g/mol. The summed E-state index contributed by atoms with van der Waals surface area (Å²) >= 11 is 0. The van der Waals surface area contributed by atoms with Gasteiger partial charge in [-0.2, -0.15) is 13.8 Å². The minimum atomic E-state index is -1.15. The Morgan fingerprint density at radius 1 is 1.33 bits per heavy atom. The van der Waals surface area contributed by atoms with E-state index in [-0.39, 0.29) is 5.69 Å². The first-order chi connectivity index (χ1) is 4.22. The minimum Gasteiger partial charge on any atom is -0.227 e. The van der Waals surface area contributed by atoms with Gasteiger partial charge in [0, 0.05) is 0 Å². The number of rotatable bonds is 0. The molecule has 0 spiro atoms. The van der Waals surface area contributed by atoms with E-state index in [0.29, 0.717) is 0 Å². The first kappa shape index (κ1) is 6.07. The standard InChI is InChI=1S/C5H3F2N2/c1-3-4(6)5(7)9-2-8-3/h1H3. The van der Waals surface area contributed by atoms with E-state index in [4.69, 9.17) is 0 Å². The molecule has 0 bridgehead atoms. The van der Waals surface area contributed by atoms with E-state index in [1.807, 2.05) is 6.33 Å². The fourth-order valence-corrected chi connectivity index (χ4v) is 0.391. The summed E-state index contributed by atoms with van der Waals surface area (Å²) < 4.78 is 24.2. The monoisotopic (exact) mass is 129 g/mol. The SMILES string of the molecule is Cc1n[c]nc(F)c1F. The Labute approximate surface area is 50.6 Å². The van der Waals surface area contributed by atoms with Crippen molar-refractivity contribution in [2.45, 2.75) is 6.92 Å². The largest absolute Gasteiger partial charge is 0.252 e. The van der Waals surface area contributed by atoms with Crippen LogP contribution in [-0.2, 0) is 0 Å². The molecule has 0 aliphatic rings. The van der Waals surface area contributed by atoms with Crippen LogP contribution in [0.2, 0.25) is 0 Å². The molecule has 47 valence electrons. The number of nitrogens with zero attached hydrogens (tertiary/aromatic N) is 2. The van der Waals surface area contributed by atoms with E-state index in [2.05, 4.69) is 9.97 Å².